The van der Waals surface area contributed by atoms with Crippen molar-refractivity contribution in [1.29, 1.82) is 0 Å². The van der Waals surface area contributed by atoms with E-state index in [1.165, 1.54) is 29.5 Å². The number of nitrogens with one attached hydrogen (secondary N) is 2. The lowest BCUT2D eigenvalue weighted by Crippen LogP contribution is -2.48. The number of carbonyl (C=O) groups excluding carboxylic acids is 1. The molecule has 1 saturated heterocycles. The first-order valence-corrected chi connectivity index (χ1v) is 14.6. The van der Waals surface area contributed by atoms with Crippen LogP contribution in [0.25, 0.3) is 10.2 Å². The number of fused-ring (bicyclic) bond motifs is 1. The van der Waals surface area contributed by atoms with Crippen LogP contribution in [-0.4, -0.2) is 68.4 Å². The number of nitro benzene ring substituents is 1. The molecule has 0 radical (unpaired) electrons. The van der Waals surface area contributed by atoms with Gasteiger partial charge in [0.15, 0.2) is 5.13 Å². The molecule has 0 spiro atoms. The van der Waals surface area contributed by atoms with Crippen LogP contribution in [0.5, 0.6) is 0 Å². The van der Waals surface area contributed by atoms with Crippen LogP contribution in [0.4, 0.5) is 16.5 Å². The van der Waals surface area contributed by atoms with E-state index in [-0.39, 0.29) is 40.1 Å². The maximum Gasteiger partial charge on any atom is 0.270 e. The van der Waals surface area contributed by atoms with Crippen LogP contribution in [-0.2, 0) is 10.0 Å². The van der Waals surface area contributed by atoms with Gasteiger partial charge in [-0.15, -0.1) is 12.4 Å². The molecular formula is C26H27ClN6O5S2. The zero-order valence-corrected chi connectivity index (χ0v) is 23.7. The van der Waals surface area contributed by atoms with E-state index in [0.29, 0.717) is 13.1 Å². The first-order valence-electron chi connectivity index (χ1n) is 12.3. The molecule has 0 atom stereocenters. The van der Waals surface area contributed by atoms with Crippen molar-refractivity contribution in [2.45, 2.75) is 4.90 Å². The standard InChI is InChI=1S/C26H26N6O5S2.ClH/c33-25(21-8-4-5-9-22(21)29-39(36,37)20-6-2-1-3-7-20)27-12-13-30-14-16-31(17-15-30)26-28-23-11-10-19(32(34)35)18-24(23)38-26;/h1-11,18,29H,12-17H2,(H,27,33);1H. The minimum Gasteiger partial charge on any atom is -0.351 e. The van der Waals surface area contributed by atoms with E-state index in [1.54, 1.807) is 54.6 Å². The van der Waals surface area contributed by atoms with Crippen molar-refractivity contribution in [1.82, 2.24) is 15.2 Å². The Hall–Kier alpha value is -3.78. The largest absolute Gasteiger partial charge is 0.351 e. The maximum absolute atomic E-state index is 12.9. The van der Waals surface area contributed by atoms with Gasteiger partial charge in [0.25, 0.3) is 21.6 Å². The molecule has 0 bridgehead atoms. The van der Waals surface area contributed by atoms with Gasteiger partial charge in [0.05, 0.1) is 31.3 Å². The number of carbonyl (C=O) groups is 1. The van der Waals surface area contributed by atoms with Crippen molar-refractivity contribution in [3.05, 3.63) is 88.5 Å². The predicted octanol–water partition coefficient (Wildman–Crippen LogP) is 3.98. The molecule has 0 unspecified atom stereocenters. The summed E-state index contributed by atoms with van der Waals surface area (Å²) < 4.78 is 28.8. The van der Waals surface area contributed by atoms with Crippen molar-refractivity contribution in [2.75, 3.05) is 48.9 Å². The molecule has 14 heteroatoms. The summed E-state index contributed by atoms with van der Waals surface area (Å²) >= 11 is 1.45. The maximum atomic E-state index is 12.9. The number of para-hydroxylation sites is 1. The SMILES string of the molecule is Cl.O=C(NCCN1CCN(c2nc3ccc([N+](=O)[O-])cc3s2)CC1)c1ccccc1NS(=O)(=O)c1ccccc1. The van der Waals surface area contributed by atoms with Gasteiger partial charge in [-0.3, -0.25) is 24.5 Å². The normalized spacial score (nSPS) is 13.9. The average Bonchev–Trinajstić information content (AvgIpc) is 3.37. The molecule has 2 N–H and O–H groups in total. The smallest absolute Gasteiger partial charge is 0.270 e. The molecule has 4 aromatic rings. The fourth-order valence-corrected chi connectivity index (χ4v) is 6.46. The second kappa shape index (κ2) is 12.6. The molecule has 1 aliphatic heterocycles. The van der Waals surface area contributed by atoms with Crippen LogP contribution >= 0.6 is 23.7 Å². The van der Waals surface area contributed by atoms with Crippen LogP contribution in [0, 0.1) is 10.1 Å². The fraction of sp³-hybridized carbons (Fsp3) is 0.231. The summed E-state index contributed by atoms with van der Waals surface area (Å²) in [6.07, 6.45) is 0. The average molecular weight is 603 g/mol. The zero-order valence-electron chi connectivity index (χ0n) is 21.2. The minimum atomic E-state index is -3.83. The third-order valence-corrected chi connectivity index (χ3v) is 8.86. The number of anilines is 2. The van der Waals surface area contributed by atoms with Gasteiger partial charge in [0.2, 0.25) is 0 Å². The second-order valence-electron chi connectivity index (χ2n) is 8.95. The molecule has 11 nitrogen and oxygen atoms in total. The molecule has 1 aliphatic rings. The molecule has 0 aliphatic carbocycles. The monoisotopic (exact) mass is 602 g/mol. The number of amides is 1. The second-order valence-corrected chi connectivity index (χ2v) is 11.6. The first-order chi connectivity index (χ1) is 18.8. The minimum absolute atomic E-state index is 0. The van der Waals surface area contributed by atoms with Crippen LogP contribution < -0.4 is 14.9 Å². The van der Waals surface area contributed by atoms with Gasteiger partial charge < -0.3 is 10.2 Å². The Morgan fingerprint density at radius 2 is 1.70 bits per heavy atom. The summed E-state index contributed by atoms with van der Waals surface area (Å²) in [5.41, 5.74) is 1.27. The van der Waals surface area contributed by atoms with Crippen molar-refractivity contribution in [3.8, 4) is 0 Å². The van der Waals surface area contributed by atoms with Crippen LogP contribution in [0.2, 0.25) is 0 Å². The van der Waals surface area contributed by atoms with Crippen LogP contribution in [0.3, 0.4) is 0 Å². The molecule has 1 aromatic heterocycles. The lowest BCUT2D eigenvalue weighted by atomic mass is 10.1. The highest BCUT2D eigenvalue weighted by Crippen LogP contribution is 2.31. The van der Waals surface area contributed by atoms with E-state index >= 15 is 0 Å². The van der Waals surface area contributed by atoms with Gasteiger partial charge >= 0.3 is 0 Å². The summed E-state index contributed by atoms with van der Waals surface area (Å²) in [4.78, 5) is 32.7. The number of aromatic nitrogens is 1. The van der Waals surface area contributed by atoms with E-state index in [0.717, 1.165) is 41.5 Å². The molecule has 1 fully saturated rings. The van der Waals surface area contributed by atoms with E-state index in [9.17, 15) is 23.3 Å². The Balaban J connectivity index is 0.00000370. The Morgan fingerprint density at radius 1 is 1.00 bits per heavy atom. The molecule has 3 aromatic carbocycles. The molecular weight excluding hydrogens is 576 g/mol. The highest BCUT2D eigenvalue weighted by atomic mass is 35.5. The third kappa shape index (κ3) is 6.67. The first kappa shape index (κ1) is 29.2. The number of nitro groups is 1. The summed E-state index contributed by atoms with van der Waals surface area (Å²) in [6.45, 7) is 4.10. The Bertz CT molecular complexity index is 1610. The summed E-state index contributed by atoms with van der Waals surface area (Å²) in [7, 11) is -3.83. The fourth-order valence-electron chi connectivity index (χ4n) is 4.31. The molecule has 40 heavy (non-hydrogen) atoms. The quantitative estimate of drug-likeness (QED) is 0.217. The number of halogens is 1. The van der Waals surface area contributed by atoms with Gasteiger partial charge in [0, 0.05) is 51.4 Å². The van der Waals surface area contributed by atoms with E-state index in [1.807, 2.05) is 0 Å². The number of thiazole rings is 1. The van der Waals surface area contributed by atoms with Gasteiger partial charge in [-0.25, -0.2) is 13.4 Å². The Labute approximate surface area is 241 Å². The molecule has 5 rings (SSSR count). The Morgan fingerprint density at radius 3 is 2.42 bits per heavy atom. The molecule has 210 valence electrons. The summed E-state index contributed by atoms with van der Waals surface area (Å²) in [6, 6.07) is 19.2. The van der Waals surface area contributed by atoms with Crippen molar-refractivity contribution in [2.24, 2.45) is 0 Å². The lowest BCUT2D eigenvalue weighted by Gasteiger charge is -2.34. The summed E-state index contributed by atoms with van der Waals surface area (Å²) in [5, 5.41) is 14.8. The van der Waals surface area contributed by atoms with E-state index in [4.69, 9.17) is 0 Å². The zero-order chi connectivity index (χ0) is 27.4. The molecule has 0 saturated carbocycles. The van der Waals surface area contributed by atoms with Crippen LogP contribution in [0.1, 0.15) is 10.4 Å². The van der Waals surface area contributed by atoms with Gasteiger partial charge in [-0.1, -0.05) is 41.7 Å². The van der Waals surface area contributed by atoms with Crippen molar-refractivity contribution < 1.29 is 18.1 Å². The van der Waals surface area contributed by atoms with Gasteiger partial charge in [-0.2, -0.15) is 0 Å². The van der Waals surface area contributed by atoms with Crippen molar-refractivity contribution in [3.63, 3.8) is 0 Å². The van der Waals surface area contributed by atoms with E-state index in [2.05, 4.69) is 24.8 Å². The van der Waals surface area contributed by atoms with Crippen molar-refractivity contribution >= 4 is 66.4 Å². The number of rotatable bonds is 9. The third-order valence-electron chi connectivity index (χ3n) is 6.40. The van der Waals surface area contributed by atoms with Crippen LogP contribution in [0.15, 0.2) is 77.7 Å². The number of nitrogens with zero attached hydrogens (tertiary/aromatic N) is 4. The lowest BCUT2D eigenvalue weighted by molar-refractivity contribution is -0.384. The highest BCUT2D eigenvalue weighted by Gasteiger charge is 2.22. The number of piperazine rings is 1. The predicted molar refractivity (Wildman–Crippen MR) is 158 cm³/mol. The number of non-ortho nitro benzene ring substituents is 1. The number of sulfonamides is 1. The topological polar surface area (TPSA) is 138 Å². The van der Waals surface area contributed by atoms with Gasteiger partial charge in [0.1, 0.15) is 0 Å². The number of hydrogen-bond donors (Lipinski definition) is 2. The molecule has 1 amide bonds. The number of benzene rings is 3. The molecule has 2 heterocycles. The Kier molecular flexibility index (Phi) is 9.20. The van der Waals surface area contributed by atoms with E-state index < -0.39 is 14.9 Å². The van der Waals surface area contributed by atoms with Gasteiger partial charge in [-0.05, 0) is 30.3 Å². The number of hydrogen-bond acceptors (Lipinski definition) is 9. The summed E-state index contributed by atoms with van der Waals surface area (Å²) in [5.74, 6) is -0.358. The highest BCUT2D eigenvalue weighted by molar-refractivity contribution is 7.92.